The Morgan fingerprint density at radius 3 is 2.57 bits per heavy atom. The van der Waals surface area contributed by atoms with E-state index in [1.807, 2.05) is 6.92 Å². The van der Waals surface area contributed by atoms with E-state index < -0.39 is 0 Å². The summed E-state index contributed by atoms with van der Waals surface area (Å²) in [6, 6.07) is 5.91. The van der Waals surface area contributed by atoms with Gasteiger partial charge in [-0.3, -0.25) is 4.79 Å². The summed E-state index contributed by atoms with van der Waals surface area (Å²) in [6.45, 7) is 1.88. The van der Waals surface area contributed by atoms with Crippen molar-refractivity contribution in [1.82, 2.24) is 4.90 Å². The van der Waals surface area contributed by atoms with Crippen molar-refractivity contribution in [2.24, 2.45) is 5.92 Å². The van der Waals surface area contributed by atoms with Gasteiger partial charge in [0.2, 0.25) is 0 Å². The van der Waals surface area contributed by atoms with E-state index in [-0.39, 0.29) is 11.7 Å². The molecule has 2 nitrogen and oxygen atoms in total. The fraction of sp³-hybridized carbons (Fsp3) is 0.611. The molecule has 2 heterocycles. The molecule has 0 saturated carbocycles. The van der Waals surface area contributed by atoms with E-state index in [0.29, 0.717) is 24.3 Å². The zero-order valence-corrected chi connectivity index (χ0v) is 12.9. The normalized spacial score (nSPS) is 29.4. The van der Waals surface area contributed by atoms with Crippen LogP contribution in [0.5, 0.6) is 0 Å². The van der Waals surface area contributed by atoms with E-state index in [0.717, 1.165) is 24.0 Å². The van der Waals surface area contributed by atoms with Crippen molar-refractivity contribution in [2.45, 2.75) is 57.5 Å². The minimum atomic E-state index is -0.225. The average Bonchev–Trinajstić information content (AvgIpc) is 2.41. The van der Waals surface area contributed by atoms with Crippen LogP contribution in [0.4, 0.5) is 4.39 Å². The van der Waals surface area contributed by atoms with Crippen LogP contribution in [0.15, 0.2) is 18.2 Å². The molecule has 0 radical (unpaired) electrons. The molecule has 2 atom stereocenters. The number of nitrogens with zero attached hydrogens (tertiary/aromatic N) is 1. The summed E-state index contributed by atoms with van der Waals surface area (Å²) in [7, 11) is 2.21. The van der Waals surface area contributed by atoms with Crippen LogP contribution in [0.2, 0.25) is 0 Å². The zero-order chi connectivity index (χ0) is 15.0. The van der Waals surface area contributed by atoms with Crippen LogP contribution in [-0.2, 0) is 11.2 Å². The summed E-state index contributed by atoms with van der Waals surface area (Å²) >= 11 is 0. The molecule has 0 aromatic heterocycles. The van der Waals surface area contributed by atoms with E-state index in [2.05, 4.69) is 11.9 Å². The Morgan fingerprint density at radius 2 is 1.95 bits per heavy atom. The molecule has 2 saturated heterocycles. The van der Waals surface area contributed by atoms with E-state index in [4.69, 9.17) is 0 Å². The highest BCUT2D eigenvalue weighted by molar-refractivity contribution is 5.83. The molecule has 1 aromatic rings. The van der Waals surface area contributed by atoms with Gasteiger partial charge in [0.05, 0.1) is 0 Å². The van der Waals surface area contributed by atoms with Crippen LogP contribution in [0.3, 0.4) is 0 Å². The monoisotopic (exact) mass is 289 g/mol. The summed E-state index contributed by atoms with van der Waals surface area (Å²) < 4.78 is 13.1. The summed E-state index contributed by atoms with van der Waals surface area (Å²) in [5.41, 5.74) is 1.86. The highest BCUT2D eigenvalue weighted by Gasteiger charge is 2.38. The lowest BCUT2D eigenvalue weighted by Crippen LogP contribution is -2.51. The SMILES string of the molecule is Cc1cc(F)ccc1CC(=O)C1CC2CCCC(C1)N2C. The first-order valence-electron chi connectivity index (χ1n) is 8.04. The number of ketones is 1. The first-order valence-corrected chi connectivity index (χ1v) is 8.04. The van der Waals surface area contributed by atoms with Crippen LogP contribution >= 0.6 is 0 Å². The predicted molar refractivity (Wildman–Crippen MR) is 81.8 cm³/mol. The lowest BCUT2D eigenvalue weighted by molar-refractivity contribution is -0.125. The lowest BCUT2D eigenvalue weighted by atomic mass is 9.76. The summed E-state index contributed by atoms with van der Waals surface area (Å²) in [5, 5.41) is 0. The molecule has 2 fully saturated rings. The molecule has 0 aliphatic carbocycles. The van der Waals surface area contributed by atoms with Gasteiger partial charge >= 0.3 is 0 Å². The number of halogens is 1. The molecule has 114 valence electrons. The molecule has 2 bridgehead atoms. The third kappa shape index (κ3) is 3.03. The van der Waals surface area contributed by atoms with Gasteiger partial charge in [0.1, 0.15) is 11.6 Å². The molecule has 21 heavy (non-hydrogen) atoms. The lowest BCUT2D eigenvalue weighted by Gasteiger charge is -2.46. The Kier molecular flexibility index (Phi) is 4.12. The molecule has 2 aliphatic rings. The van der Waals surface area contributed by atoms with Crippen molar-refractivity contribution in [1.29, 1.82) is 0 Å². The topological polar surface area (TPSA) is 20.3 Å². The second-order valence-electron chi connectivity index (χ2n) is 6.79. The molecule has 0 amide bonds. The number of rotatable bonds is 3. The number of carbonyl (C=O) groups excluding carboxylic acids is 1. The van der Waals surface area contributed by atoms with Crippen LogP contribution in [-0.4, -0.2) is 29.8 Å². The van der Waals surface area contributed by atoms with Crippen molar-refractivity contribution in [3.63, 3.8) is 0 Å². The van der Waals surface area contributed by atoms with Gasteiger partial charge in [0.15, 0.2) is 0 Å². The van der Waals surface area contributed by atoms with Gasteiger partial charge in [-0.2, -0.15) is 0 Å². The van der Waals surface area contributed by atoms with Gasteiger partial charge in [-0.25, -0.2) is 4.39 Å². The second-order valence-corrected chi connectivity index (χ2v) is 6.79. The maximum atomic E-state index is 13.1. The number of Topliss-reactive ketones (excluding diaryl/α,β-unsaturated/α-hetero) is 1. The smallest absolute Gasteiger partial charge is 0.140 e. The first kappa shape index (κ1) is 14.7. The fourth-order valence-corrected chi connectivity index (χ4v) is 4.07. The molecular weight excluding hydrogens is 265 g/mol. The number of hydrogen-bond donors (Lipinski definition) is 0. The Hall–Kier alpha value is -1.22. The average molecular weight is 289 g/mol. The molecule has 0 spiro atoms. The van der Waals surface area contributed by atoms with Crippen molar-refractivity contribution >= 4 is 5.78 Å². The van der Waals surface area contributed by atoms with Crippen LogP contribution in [0, 0.1) is 18.7 Å². The van der Waals surface area contributed by atoms with Gasteiger partial charge in [-0.1, -0.05) is 12.5 Å². The van der Waals surface area contributed by atoms with Gasteiger partial charge in [0.25, 0.3) is 0 Å². The van der Waals surface area contributed by atoms with Gasteiger partial charge in [-0.15, -0.1) is 0 Å². The Morgan fingerprint density at radius 1 is 1.29 bits per heavy atom. The standard InChI is InChI=1S/C18H24FNO/c1-12-8-15(19)7-6-13(12)11-18(21)14-9-16-4-3-5-17(10-14)20(16)2/h6-8,14,16-17H,3-5,9-11H2,1-2H3. The van der Waals surface area contributed by atoms with Crippen LogP contribution in [0.25, 0.3) is 0 Å². The zero-order valence-electron chi connectivity index (χ0n) is 12.9. The predicted octanol–water partition coefficient (Wildman–Crippen LogP) is 3.51. The molecule has 2 aliphatic heterocycles. The van der Waals surface area contributed by atoms with Crippen LogP contribution in [0.1, 0.15) is 43.2 Å². The molecule has 1 aromatic carbocycles. The number of aryl methyl sites for hydroxylation is 1. The van der Waals surface area contributed by atoms with Crippen molar-refractivity contribution in [3.8, 4) is 0 Å². The second kappa shape index (κ2) is 5.88. The minimum Gasteiger partial charge on any atom is -0.300 e. The van der Waals surface area contributed by atoms with Gasteiger partial charge < -0.3 is 4.90 Å². The molecule has 2 unspecified atom stereocenters. The Bertz CT molecular complexity index is 528. The first-order chi connectivity index (χ1) is 10.0. The summed E-state index contributed by atoms with van der Waals surface area (Å²) in [4.78, 5) is 15.1. The Balaban J connectivity index is 1.68. The quantitative estimate of drug-likeness (QED) is 0.848. The van der Waals surface area contributed by atoms with Crippen molar-refractivity contribution in [2.75, 3.05) is 7.05 Å². The van der Waals surface area contributed by atoms with E-state index in [1.54, 1.807) is 6.07 Å². The highest BCUT2D eigenvalue weighted by Crippen LogP contribution is 2.36. The van der Waals surface area contributed by atoms with E-state index >= 15 is 0 Å². The highest BCUT2D eigenvalue weighted by atomic mass is 19.1. The van der Waals surface area contributed by atoms with Gasteiger partial charge in [0, 0.05) is 24.4 Å². The summed E-state index contributed by atoms with van der Waals surface area (Å²) in [5.74, 6) is 0.313. The number of piperidine rings is 2. The molecule has 3 rings (SSSR count). The van der Waals surface area contributed by atoms with E-state index in [1.165, 1.54) is 31.4 Å². The van der Waals surface area contributed by atoms with E-state index in [9.17, 15) is 9.18 Å². The van der Waals surface area contributed by atoms with Crippen molar-refractivity contribution < 1.29 is 9.18 Å². The number of benzene rings is 1. The Labute approximate surface area is 126 Å². The number of carbonyl (C=O) groups is 1. The maximum absolute atomic E-state index is 13.1. The number of hydrogen-bond acceptors (Lipinski definition) is 2. The van der Waals surface area contributed by atoms with Crippen LogP contribution < -0.4 is 0 Å². The number of fused-ring (bicyclic) bond motifs is 2. The van der Waals surface area contributed by atoms with Crippen molar-refractivity contribution in [3.05, 3.63) is 35.1 Å². The third-order valence-corrected chi connectivity index (χ3v) is 5.46. The fourth-order valence-electron chi connectivity index (χ4n) is 4.07. The third-order valence-electron chi connectivity index (χ3n) is 5.46. The molecule has 3 heteroatoms. The van der Waals surface area contributed by atoms with Gasteiger partial charge in [-0.05, 0) is 62.9 Å². The molecule has 0 N–H and O–H groups in total. The summed E-state index contributed by atoms with van der Waals surface area (Å²) in [6.07, 6.45) is 6.23. The maximum Gasteiger partial charge on any atom is 0.140 e. The largest absolute Gasteiger partial charge is 0.300 e. The molecular formula is C18H24FNO. The minimum absolute atomic E-state index is 0.195.